The molecule has 1 aromatic rings. The number of carbonyl (C=O) groups is 1. The highest BCUT2D eigenvalue weighted by molar-refractivity contribution is 6.32. The molecule has 2 rings (SSSR count). The molecule has 1 aliphatic carbocycles. The van der Waals surface area contributed by atoms with Crippen molar-refractivity contribution in [3.05, 3.63) is 28.8 Å². The van der Waals surface area contributed by atoms with E-state index >= 15 is 0 Å². The first-order valence-corrected chi connectivity index (χ1v) is 5.74. The van der Waals surface area contributed by atoms with Gasteiger partial charge in [0.25, 0.3) is 0 Å². The van der Waals surface area contributed by atoms with Gasteiger partial charge in [0.15, 0.2) is 5.78 Å². The lowest BCUT2D eigenvalue weighted by molar-refractivity contribution is 0.0997. The van der Waals surface area contributed by atoms with E-state index in [-0.39, 0.29) is 12.3 Å². The molecule has 1 aromatic carbocycles. The van der Waals surface area contributed by atoms with Crippen LogP contribution in [0.2, 0.25) is 5.02 Å². The fraction of sp³-hybridized carbons (Fsp3) is 0.417. The zero-order valence-electron chi connectivity index (χ0n) is 8.91. The molecule has 86 valence electrons. The van der Waals surface area contributed by atoms with Crippen molar-refractivity contribution in [2.45, 2.75) is 12.8 Å². The number of nitrogens with two attached hydrogens (primary N) is 1. The Morgan fingerprint density at radius 3 is 2.88 bits per heavy atom. The van der Waals surface area contributed by atoms with Crippen molar-refractivity contribution in [2.75, 3.05) is 13.2 Å². The lowest BCUT2D eigenvalue weighted by atomic mass is 10.1. The minimum Gasteiger partial charge on any atom is -0.491 e. The molecule has 0 saturated heterocycles. The van der Waals surface area contributed by atoms with Crippen molar-refractivity contribution < 1.29 is 9.53 Å². The largest absolute Gasteiger partial charge is 0.491 e. The Balaban J connectivity index is 2.20. The number of rotatable bonds is 5. The van der Waals surface area contributed by atoms with Crippen LogP contribution in [-0.4, -0.2) is 18.9 Å². The van der Waals surface area contributed by atoms with Crippen LogP contribution >= 0.6 is 11.6 Å². The second kappa shape index (κ2) is 4.85. The van der Waals surface area contributed by atoms with Gasteiger partial charge in [0.2, 0.25) is 0 Å². The van der Waals surface area contributed by atoms with Crippen molar-refractivity contribution in [1.29, 1.82) is 0 Å². The van der Waals surface area contributed by atoms with E-state index in [1.54, 1.807) is 18.2 Å². The molecule has 2 N–H and O–H groups in total. The highest BCUT2D eigenvalue weighted by Gasteiger charge is 2.23. The molecule has 0 radical (unpaired) electrons. The number of carbonyl (C=O) groups excluding carboxylic acids is 1. The minimum atomic E-state index is -0.145. The van der Waals surface area contributed by atoms with Gasteiger partial charge >= 0.3 is 0 Å². The van der Waals surface area contributed by atoms with Crippen LogP contribution in [0.4, 0.5) is 0 Å². The van der Waals surface area contributed by atoms with Gasteiger partial charge in [-0.15, -0.1) is 0 Å². The first-order chi connectivity index (χ1) is 7.72. The molecule has 0 amide bonds. The second-order valence-corrected chi connectivity index (χ2v) is 4.41. The summed E-state index contributed by atoms with van der Waals surface area (Å²) in [6.45, 7) is 0.606. The summed E-state index contributed by atoms with van der Waals surface area (Å²) in [5.74, 6) is 0.955. The van der Waals surface area contributed by atoms with Gasteiger partial charge in [0.1, 0.15) is 5.75 Å². The third-order valence-corrected chi connectivity index (χ3v) is 2.91. The predicted octanol–water partition coefficient (Wildman–Crippen LogP) is 2.27. The molecule has 1 fully saturated rings. The molecule has 16 heavy (non-hydrogen) atoms. The van der Waals surface area contributed by atoms with Gasteiger partial charge in [-0.05, 0) is 30.9 Å². The number of halogens is 1. The van der Waals surface area contributed by atoms with Crippen LogP contribution in [0, 0.1) is 5.92 Å². The zero-order valence-corrected chi connectivity index (χ0v) is 9.67. The fourth-order valence-corrected chi connectivity index (χ4v) is 1.70. The molecule has 0 heterocycles. The number of benzene rings is 1. The van der Waals surface area contributed by atoms with Gasteiger partial charge in [-0.2, -0.15) is 0 Å². The molecule has 4 heteroatoms. The van der Waals surface area contributed by atoms with Gasteiger partial charge in [0.05, 0.1) is 23.7 Å². The number of hydrogen-bond acceptors (Lipinski definition) is 3. The molecule has 1 saturated carbocycles. The Labute approximate surface area is 99.5 Å². The summed E-state index contributed by atoms with van der Waals surface area (Å²) >= 11 is 6.02. The quantitative estimate of drug-likeness (QED) is 0.802. The summed E-state index contributed by atoms with van der Waals surface area (Å²) in [5, 5.41) is 0.472. The number of ether oxygens (including phenoxy) is 1. The predicted molar refractivity (Wildman–Crippen MR) is 63.1 cm³/mol. The summed E-state index contributed by atoms with van der Waals surface area (Å²) < 4.78 is 5.61. The van der Waals surface area contributed by atoms with E-state index < -0.39 is 0 Å². The van der Waals surface area contributed by atoms with Gasteiger partial charge < -0.3 is 10.5 Å². The highest BCUT2D eigenvalue weighted by atomic mass is 35.5. The Hall–Kier alpha value is -1.06. The average Bonchev–Trinajstić information content (AvgIpc) is 3.10. The first-order valence-electron chi connectivity index (χ1n) is 5.37. The third-order valence-electron chi connectivity index (χ3n) is 2.61. The first kappa shape index (κ1) is 11.4. The number of ketones is 1. The highest BCUT2D eigenvalue weighted by Crippen LogP contribution is 2.33. The van der Waals surface area contributed by atoms with Crippen LogP contribution in [0.5, 0.6) is 5.75 Å². The van der Waals surface area contributed by atoms with Crippen LogP contribution < -0.4 is 10.5 Å². The summed E-state index contributed by atoms with van der Waals surface area (Å²) in [5.41, 5.74) is 5.83. The maximum Gasteiger partial charge on any atom is 0.180 e. The third kappa shape index (κ3) is 2.54. The van der Waals surface area contributed by atoms with Crippen LogP contribution in [0.15, 0.2) is 18.2 Å². The average molecular weight is 240 g/mol. The van der Waals surface area contributed by atoms with Gasteiger partial charge in [-0.3, -0.25) is 4.79 Å². The normalized spacial score (nSPS) is 14.9. The topological polar surface area (TPSA) is 52.3 Å². The Morgan fingerprint density at radius 1 is 1.50 bits per heavy atom. The molecule has 1 aliphatic rings. The van der Waals surface area contributed by atoms with E-state index in [0.717, 1.165) is 0 Å². The van der Waals surface area contributed by atoms with Gasteiger partial charge in [0, 0.05) is 0 Å². The molecule has 0 spiro atoms. The molecule has 0 atom stereocenters. The lowest BCUT2D eigenvalue weighted by Gasteiger charge is -2.11. The molecule has 0 aromatic heterocycles. The Bertz CT molecular complexity index is 402. The summed E-state index contributed by atoms with van der Waals surface area (Å²) in [4.78, 5) is 11.6. The van der Waals surface area contributed by atoms with Crippen LogP contribution in [-0.2, 0) is 0 Å². The standard InChI is InChI=1S/C12H14ClNO2/c13-10-3-1-2-9(11(15)6-14)12(10)16-7-8-4-5-8/h1-3,8H,4-7,14H2. The van der Waals surface area contributed by atoms with Crippen molar-refractivity contribution in [1.82, 2.24) is 0 Å². The minimum absolute atomic E-state index is 0.0276. The Morgan fingerprint density at radius 2 is 2.25 bits per heavy atom. The van der Waals surface area contributed by atoms with E-state index in [0.29, 0.717) is 28.9 Å². The van der Waals surface area contributed by atoms with E-state index in [4.69, 9.17) is 22.1 Å². The van der Waals surface area contributed by atoms with E-state index in [1.165, 1.54) is 12.8 Å². The monoisotopic (exact) mass is 239 g/mol. The summed E-state index contributed by atoms with van der Waals surface area (Å²) in [7, 11) is 0. The van der Waals surface area contributed by atoms with Crippen molar-refractivity contribution in [2.24, 2.45) is 11.7 Å². The van der Waals surface area contributed by atoms with Crippen LogP contribution in [0.1, 0.15) is 23.2 Å². The van der Waals surface area contributed by atoms with Gasteiger partial charge in [-0.1, -0.05) is 17.7 Å². The number of hydrogen-bond donors (Lipinski definition) is 1. The van der Waals surface area contributed by atoms with Crippen LogP contribution in [0.25, 0.3) is 0 Å². The zero-order chi connectivity index (χ0) is 11.5. The van der Waals surface area contributed by atoms with E-state index in [9.17, 15) is 4.79 Å². The molecule has 0 aliphatic heterocycles. The molecule has 0 bridgehead atoms. The summed E-state index contributed by atoms with van der Waals surface area (Å²) in [6, 6.07) is 5.15. The maximum atomic E-state index is 11.6. The molecule has 3 nitrogen and oxygen atoms in total. The summed E-state index contributed by atoms with van der Waals surface area (Å²) in [6.07, 6.45) is 2.40. The van der Waals surface area contributed by atoms with Crippen LogP contribution in [0.3, 0.4) is 0 Å². The Kier molecular flexibility index (Phi) is 3.46. The van der Waals surface area contributed by atoms with Crippen molar-refractivity contribution in [3.8, 4) is 5.75 Å². The molecular formula is C12H14ClNO2. The SMILES string of the molecule is NCC(=O)c1cccc(Cl)c1OCC1CC1. The lowest BCUT2D eigenvalue weighted by Crippen LogP contribution is -2.15. The van der Waals surface area contributed by atoms with E-state index in [1.807, 2.05) is 0 Å². The number of para-hydroxylation sites is 1. The molecule has 0 unspecified atom stereocenters. The maximum absolute atomic E-state index is 11.6. The second-order valence-electron chi connectivity index (χ2n) is 4.00. The van der Waals surface area contributed by atoms with Crippen molar-refractivity contribution >= 4 is 17.4 Å². The van der Waals surface area contributed by atoms with E-state index in [2.05, 4.69) is 0 Å². The van der Waals surface area contributed by atoms with Gasteiger partial charge in [-0.25, -0.2) is 0 Å². The molecular weight excluding hydrogens is 226 g/mol. The number of Topliss-reactive ketones (excluding diaryl/α,β-unsaturated/α-hetero) is 1. The smallest absolute Gasteiger partial charge is 0.180 e. The van der Waals surface area contributed by atoms with Crippen molar-refractivity contribution in [3.63, 3.8) is 0 Å². The fourth-order valence-electron chi connectivity index (χ4n) is 1.47.